The summed E-state index contributed by atoms with van der Waals surface area (Å²) in [6, 6.07) is 8.19. The second-order valence-electron chi connectivity index (χ2n) is 4.56. The molecule has 1 aromatic carbocycles. The highest BCUT2D eigenvalue weighted by Crippen LogP contribution is 2.12. The highest BCUT2D eigenvalue weighted by atomic mass is 16.5. The quantitative estimate of drug-likeness (QED) is 0.703. The van der Waals surface area contributed by atoms with Crippen LogP contribution in [0.1, 0.15) is 19.4 Å². The first kappa shape index (κ1) is 15.2. The lowest BCUT2D eigenvalue weighted by atomic mass is 10.2. The third-order valence-electron chi connectivity index (χ3n) is 2.45. The van der Waals surface area contributed by atoms with E-state index in [4.69, 9.17) is 4.74 Å². The molecule has 0 aliphatic carbocycles. The van der Waals surface area contributed by atoms with E-state index in [1.54, 1.807) is 6.08 Å². The van der Waals surface area contributed by atoms with Gasteiger partial charge in [-0.15, -0.1) is 6.58 Å². The Hall–Kier alpha value is -1.81. The molecule has 0 saturated heterocycles. The number of ether oxygens (including phenoxy) is 1. The minimum absolute atomic E-state index is 0.0252. The van der Waals surface area contributed by atoms with E-state index in [2.05, 4.69) is 31.1 Å². The average Bonchev–Trinajstić information content (AvgIpc) is 2.41. The van der Waals surface area contributed by atoms with E-state index in [-0.39, 0.29) is 12.5 Å². The minimum atomic E-state index is -0.148. The van der Waals surface area contributed by atoms with Crippen LogP contribution in [0.5, 0.6) is 5.75 Å². The number of benzene rings is 1. The lowest BCUT2D eigenvalue weighted by molar-refractivity contribution is -0.122. The molecule has 2 N–H and O–H groups in total. The first-order chi connectivity index (χ1) is 9.11. The molecular weight excluding hydrogens is 240 g/mol. The summed E-state index contributed by atoms with van der Waals surface area (Å²) >= 11 is 0. The van der Waals surface area contributed by atoms with Crippen molar-refractivity contribution in [1.82, 2.24) is 10.6 Å². The largest absolute Gasteiger partial charge is 0.484 e. The summed E-state index contributed by atoms with van der Waals surface area (Å²) in [5, 5.41) is 6.00. The van der Waals surface area contributed by atoms with Gasteiger partial charge in [-0.3, -0.25) is 4.79 Å². The van der Waals surface area contributed by atoms with Crippen molar-refractivity contribution in [3.05, 3.63) is 42.5 Å². The molecule has 0 fully saturated rings. The Morgan fingerprint density at radius 1 is 1.37 bits per heavy atom. The van der Waals surface area contributed by atoms with Crippen molar-refractivity contribution in [1.29, 1.82) is 0 Å². The van der Waals surface area contributed by atoms with Gasteiger partial charge < -0.3 is 15.4 Å². The number of amides is 1. The second-order valence-corrected chi connectivity index (χ2v) is 4.56. The summed E-state index contributed by atoms with van der Waals surface area (Å²) in [6.07, 6.45) is 1.63. The Morgan fingerprint density at radius 2 is 2.05 bits per heavy atom. The molecule has 1 amide bonds. The van der Waals surface area contributed by atoms with Gasteiger partial charge in [0.2, 0.25) is 0 Å². The fraction of sp³-hybridized carbons (Fsp3) is 0.400. The van der Waals surface area contributed by atoms with Gasteiger partial charge in [0, 0.05) is 19.1 Å². The fourth-order valence-corrected chi connectivity index (χ4v) is 1.41. The van der Waals surface area contributed by atoms with Crippen molar-refractivity contribution in [2.45, 2.75) is 26.4 Å². The summed E-state index contributed by atoms with van der Waals surface area (Å²) in [5.74, 6) is 0.549. The van der Waals surface area contributed by atoms with Crippen LogP contribution in [0.2, 0.25) is 0 Å². The van der Waals surface area contributed by atoms with Gasteiger partial charge in [-0.2, -0.15) is 0 Å². The summed E-state index contributed by atoms with van der Waals surface area (Å²) in [6.45, 7) is 9.07. The summed E-state index contributed by atoms with van der Waals surface area (Å²) in [7, 11) is 0. The molecule has 0 heterocycles. The van der Waals surface area contributed by atoms with Crippen LogP contribution < -0.4 is 15.4 Å². The minimum Gasteiger partial charge on any atom is -0.484 e. The zero-order chi connectivity index (χ0) is 14.1. The second kappa shape index (κ2) is 8.32. The summed E-state index contributed by atoms with van der Waals surface area (Å²) in [5.41, 5.74) is 1.19. The SMILES string of the molecule is C=CCNC(=O)COc1ccc(CNC(C)C)cc1. The first-order valence-corrected chi connectivity index (χ1v) is 6.44. The molecule has 19 heavy (non-hydrogen) atoms. The number of hydrogen-bond donors (Lipinski definition) is 2. The molecule has 0 aromatic heterocycles. The fourth-order valence-electron chi connectivity index (χ4n) is 1.41. The summed E-state index contributed by atoms with van der Waals surface area (Å²) in [4.78, 5) is 11.3. The van der Waals surface area contributed by atoms with Crippen molar-refractivity contribution in [3.8, 4) is 5.75 Å². The van der Waals surface area contributed by atoms with Gasteiger partial charge in [0.1, 0.15) is 5.75 Å². The third kappa shape index (κ3) is 6.62. The van der Waals surface area contributed by atoms with Gasteiger partial charge in [-0.05, 0) is 17.7 Å². The molecule has 0 atom stereocenters. The van der Waals surface area contributed by atoms with Gasteiger partial charge in [0.15, 0.2) is 6.61 Å². The third-order valence-corrected chi connectivity index (χ3v) is 2.45. The zero-order valence-corrected chi connectivity index (χ0v) is 11.6. The van der Waals surface area contributed by atoms with E-state index < -0.39 is 0 Å². The molecular formula is C15H22N2O2. The lowest BCUT2D eigenvalue weighted by Gasteiger charge is -2.09. The Labute approximate surface area is 114 Å². The highest BCUT2D eigenvalue weighted by Gasteiger charge is 2.01. The van der Waals surface area contributed by atoms with Crippen LogP contribution in [-0.4, -0.2) is 25.1 Å². The topological polar surface area (TPSA) is 50.4 Å². The molecule has 0 spiro atoms. The lowest BCUT2D eigenvalue weighted by Crippen LogP contribution is -2.28. The van der Waals surface area contributed by atoms with Gasteiger partial charge in [0.05, 0.1) is 0 Å². The van der Waals surface area contributed by atoms with E-state index in [9.17, 15) is 4.79 Å². The van der Waals surface area contributed by atoms with Crippen LogP contribution in [0, 0.1) is 0 Å². The Kier molecular flexibility index (Phi) is 6.68. The van der Waals surface area contributed by atoms with Gasteiger partial charge in [0.25, 0.3) is 5.91 Å². The molecule has 4 nitrogen and oxygen atoms in total. The smallest absolute Gasteiger partial charge is 0.258 e. The molecule has 4 heteroatoms. The van der Waals surface area contributed by atoms with Crippen molar-refractivity contribution in [3.63, 3.8) is 0 Å². The van der Waals surface area contributed by atoms with Gasteiger partial charge in [-0.25, -0.2) is 0 Å². The standard InChI is InChI=1S/C15H22N2O2/c1-4-9-16-15(18)11-19-14-7-5-13(6-8-14)10-17-12(2)3/h4-8,12,17H,1,9-11H2,2-3H3,(H,16,18). The van der Waals surface area contributed by atoms with Crippen LogP contribution in [0.3, 0.4) is 0 Å². The van der Waals surface area contributed by atoms with E-state index in [0.717, 1.165) is 6.54 Å². The molecule has 104 valence electrons. The molecule has 0 aliphatic heterocycles. The number of carbonyl (C=O) groups is 1. The Balaban J connectivity index is 2.35. The number of carbonyl (C=O) groups excluding carboxylic acids is 1. The van der Waals surface area contributed by atoms with Crippen LogP contribution in [0.15, 0.2) is 36.9 Å². The molecule has 1 aromatic rings. The normalized spacial score (nSPS) is 10.3. The maximum absolute atomic E-state index is 11.3. The van der Waals surface area contributed by atoms with Crippen molar-refractivity contribution >= 4 is 5.91 Å². The first-order valence-electron chi connectivity index (χ1n) is 6.44. The number of hydrogen-bond acceptors (Lipinski definition) is 3. The van der Waals surface area contributed by atoms with Crippen LogP contribution in [0.25, 0.3) is 0 Å². The van der Waals surface area contributed by atoms with Crippen molar-refractivity contribution in [2.24, 2.45) is 0 Å². The average molecular weight is 262 g/mol. The maximum atomic E-state index is 11.3. The number of rotatable bonds is 8. The molecule has 0 unspecified atom stereocenters. The molecule has 0 radical (unpaired) electrons. The molecule has 0 saturated carbocycles. The van der Waals surface area contributed by atoms with Crippen LogP contribution in [-0.2, 0) is 11.3 Å². The van der Waals surface area contributed by atoms with Crippen molar-refractivity contribution < 1.29 is 9.53 Å². The Morgan fingerprint density at radius 3 is 2.63 bits per heavy atom. The van der Waals surface area contributed by atoms with Crippen LogP contribution in [0.4, 0.5) is 0 Å². The van der Waals surface area contributed by atoms with E-state index in [1.165, 1.54) is 5.56 Å². The predicted octanol–water partition coefficient (Wildman–Crippen LogP) is 1.87. The zero-order valence-electron chi connectivity index (χ0n) is 11.6. The van der Waals surface area contributed by atoms with E-state index >= 15 is 0 Å². The van der Waals surface area contributed by atoms with E-state index in [0.29, 0.717) is 18.3 Å². The van der Waals surface area contributed by atoms with Gasteiger partial charge >= 0.3 is 0 Å². The van der Waals surface area contributed by atoms with E-state index in [1.807, 2.05) is 24.3 Å². The molecule has 0 bridgehead atoms. The Bertz CT molecular complexity index is 399. The molecule has 1 rings (SSSR count). The number of nitrogens with one attached hydrogen (secondary N) is 2. The highest BCUT2D eigenvalue weighted by molar-refractivity contribution is 5.77. The van der Waals surface area contributed by atoms with Gasteiger partial charge in [-0.1, -0.05) is 32.1 Å². The maximum Gasteiger partial charge on any atom is 0.258 e. The summed E-state index contributed by atoms with van der Waals surface area (Å²) < 4.78 is 5.38. The monoisotopic (exact) mass is 262 g/mol. The van der Waals surface area contributed by atoms with Crippen molar-refractivity contribution in [2.75, 3.05) is 13.2 Å². The molecule has 0 aliphatic rings. The predicted molar refractivity (Wildman–Crippen MR) is 77.1 cm³/mol. The van der Waals surface area contributed by atoms with Crippen LogP contribution >= 0.6 is 0 Å².